The Bertz CT molecular complexity index is 1240. The molecular formula is C22H14FN3O2. The molecule has 0 spiro atoms. The molecule has 0 saturated carbocycles. The molecule has 2 aromatic heterocycles. The van der Waals surface area contributed by atoms with Crippen LogP contribution in [0.25, 0.3) is 27.0 Å². The molecule has 136 valence electrons. The number of H-pyrrole nitrogens is 1. The standard InChI is InChI=1S/C22H14FN3O2/c1-24-15-8-6-13(7-9-15)14-10-17-18(12-26-22(17)25-11-14)21(27)16-4-3-5-19(28-2)20(16)23/h3-12H,2H3,(H,25,26). The number of pyridine rings is 1. The molecule has 0 aliphatic rings. The molecule has 4 rings (SSSR count). The number of carbonyl (C=O) groups is 1. The van der Waals surface area contributed by atoms with Crippen molar-refractivity contribution in [2.45, 2.75) is 0 Å². The first-order valence-corrected chi connectivity index (χ1v) is 8.44. The van der Waals surface area contributed by atoms with Gasteiger partial charge in [0.05, 0.1) is 19.2 Å². The SMILES string of the molecule is [C-]#[N+]c1ccc(-c2cnc3[nH]cc(C(=O)c4cccc(OC)c4F)c3c2)cc1. The Labute approximate surface area is 160 Å². The molecule has 2 aromatic carbocycles. The van der Waals surface area contributed by atoms with Gasteiger partial charge in [-0.05, 0) is 23.8 Å². The molecule has 0 fully saturated rings. The first-order chi connectivity index (χ1) is 13.6. The van der Waals surface area contributed by atoms with E-state index in [1.54, 1.807) is 24.4 Å². The first-order valence-electron chi connectivity index (χ1n) is 8.44. The molecule has 28 heavy (non-hydrogen) atoms. The van der Waals surface area contributed by atoms with Crippen molar-refractivity contribution in [3.8, 4) is 16.9 Å². The highest BCUT2D eigenvalue weighted by Gasteiger charge is 2.20. The number of fused-ring (bicyclic) bond motifs is 1. The molecule has 6 heteroatoms. The number of hydrogen-bond donors (Lipinski definition) is 1. The summed E-state index contributed by atoms with van der Waals surface area (Å²) in [7, 11) is 1.36. The van der Waals surface area contributed by atoms with E-state index in [1.807, 2.05) is 18.2 Å². The van der Waals surface area contributed by atoms with Gasteiger partial charge < -0.3 is 9.72 Å². The minimum Gasteiger partial charge on any atom is -0.494 e. The van der Waals surface area contributed by atoms with Gasteiger partial charge in [0, 0.05) is 28.9 Å². The van der Waals surface area contributed by atoms with Crippen molar-refractivity contribution in [1.82, 2.24) is 9.97 Å². The molecule has 5 nitrogen and oxygen atoms in total. The van der Waals surface area contributed by atoms with E-state index < -0.39 is 11.6 Å². The normalized spacial score (nSPS) is 10.6. The third-order valence-corrected chi connectivity index (χ3v) is 4.53. The van der Waals surface area contributed by atoms with Crippen LogP contribution in [0.3, 0.4) is 0 Å². The van der Waals surface area contributed by atoms with E-state index in [1.165, 1.54) is 25.4 Å². The van der Waals surface area contributed by atoms with Crippen LogP contribution < -0.4 is 4.74 Å². The lowest BCUT2D eigenvalue weighted by Gasteiger charge is -2.07. The molecular weight excluding hydrogens is 357 g/mol. The van der Waals surface area contributed by atoms with E-state index in [9.17, 15) is 9.18 Å². The summed E-state index contributed by atoms with van der Waals surface area (Å²) in [6.07, 6.45) is 3.22. The van der Waals surface area contributed by atoms with Gasteiger partial charge in [0.2, 0.25) is 0 Å². The number of aromatic amines is 1. The number of nitrogens with zero attached hydrogens (tertiary/aromatic N) is 2. The minimum absolute atomic E-state index is 0.0180. The predicted octanol–water partition coefficient (Wildman–Crippen LogP) is 5.16. The van der Waals surface area contributed by atoms with Crippen molar-refractivity contribution in [3.05, 3.63) is 89.3 Å². The molecule has 0 radical (unpaired) electrons. The van der Waals surface area contributed by atoms with Crippen molar-refractivity contribution in [1.29, 1.82) is 0 Å². The van der Waals surface area contributed by atoms with Crippen LogP contribution in [0.1, 0.15) is 15.9 Å². The Morgan fingerprint density at radius 1 is 1.14 bits per heavy atom. The van der Waals surface area contributed by atoms with Crippen LogP contribution in [-0.4, -0.2) is 22.9 Å². The average molecular weight is 371 g/mol. The highest BCUT2D eigenvalue weighted by atomic mass is 19.1. The highest BCUT2D eigenvalue weighted by molar-refractivity contribution is 6.16. The summed E-state index contributed by atoms with van der Waals surface area (Å²) in [4.78, 5) is 23.7. The van der Waals surface area contributed by atoms with Crippen molar-refractivity contribution in [3.63, 3.8) is 0 Å². The van der Waals surface area contributed by atoms with E-state index in [4.69, 9.17) is 11.3 Å². The van der Waals surface area contributed by atoms with Crippen molar-refractivity contribution in [2.24, 2.45) is 0 Å². The summed E-state index contributed by atoms with van der Waals surface area (Å²) < 4.78 is 19.5. The molecule has 0 aliphatic heterocycles. The molecule has 0 bridgehead atoms. The Hall–Kier alpha value is -3.98. The zero-order valence-corrected chi connectivity index (χ0v) is 14.9. The van der Waals surface area contributed by atoms with Crippen LogP contribution in [0.2, 0.25) is 0 Å². The van der Waals surface area contributed by atoms with Crippen LogP contribution in [0, 0.1) is 12.4 Å². The van der Waals surface area contributed by atoms with Crippen molar-refractivity contribution < 1.29 is 13.9 Å². The van der Waals surface area contributed by atoms with Crippen LogP contribution >= 0.6 is 0 Å². The van der Waals surface area contributed by atoms with Crippen LogP contribution in [0.5, 0.6) is 5.75 Å². The van der Waals surface area contributed by atoms with Gasteiger partial charge in [-0.25, -0.2) is 14.2 Å². The summed E-state index contributed by atoms with van der Waals surface area (Å²) in [6.45, 7) is 7.04. The lowest BCUT2D eigenvalue weighted by molar-refractivity contribution is 0.103. The van der Waals surface area contributed by atoms with Crippen LogP contribution in [0.15, 0.2) is 60.9 Å². The number of rotatable bonds is 4. The fraction of sp³-hybridized carbons (Fsp3) is 0.0455. The van der Waals surface area contributed by atoms with E-state index in [2.05, 4.69) is 14.8 Å². The molecule has 0 amide bonds. The lowest BCUT2D eigenvalue weighted by Crippen LogP contribution is -2.05. The summed E-state index contributed by atoms with van der Waals surface area (Å²) in [5.74, 6) is -1.13. The number of halogens is 1. The van der Waals surface area contributed by atoms with E-state index >= 15 is 0 Å². The number of hydrogen-bond acceptors (Lipinski definition) is 3. The highest BCUT2D eigenvalue weighted by Crippen LogP contribution is 2.29. The molecule has 2 heterocycles. The van der Waals surface area contributed by atoms with Gasteiger partial charge in [-0.2, -0.15) is 0 Å². The van der Waals surface area contributed by atoms with Gasteiger partial charge in [0.1, 0.15) is 5.65 Å². The molecule has 0 unspecified atom stereocenters. The van der Waals surface area contributed by atoms with Gasteiger partial charge in [-0.3, -0.25) is 4.79 Å². The van der Waals surface area contributed by atoms with Gasteiger partial charge in [0.25, 0.3) is 0 Å². The summed E-state index contributed by atoms with van der Waals surface area (Å²) in [5, 5.41) is 0.596. The van der Waals surface area contributed by atoms with E-state index in [0.717, 1.165) is 11.1 Å². The van der Waals surface area contributed by atoms with Gasteiger partial charge >= 0.3 is 0 Å². The number of benzene rings is 2. The first kappa shape index (κ1) is 17.4. The fourth-order valence-electron chi connectivity index (χ4n) is 3.07. The summed E-state index contributed by atoms with van der Waals surface area (Å²) >= 11 is 0. The number of aromatic nitrogens is 2. The van der Waals surface area contributed by atoms with Gasteiger partial charge in [-0.15, -0.1) is 0 Å². The predicted molar refractivity (Wildman–Crippen MR) is 104 cm³/mol. The molecule has 0 aliphatic carbocycles. The molecule has 0 atom stereocenters. The molecule has 4 aromatic rings. The zero-order chi connectivity index (χ0) is 19.7. The zero-order valence-electron chi connectivity index (χ0n) is 14.9. The van der Waals surface area contributed by atoms with Crippen molar-refractivity contribution in [2.75, 3.05) is 7.11 Å². The van der Waals surface area contributed by atoms with Crippen LogP contribution in [-0.2, 0) is 0 Å². The quantitative estimate of drug-likeness (QED) is 0.398. The summed E-state index contributed by atoms with van der Waals surface area (Å²) in [6, 6.07) is 13.4. The second kappa shape index (κ2) is 6.97. The number of methoxy groups -OCH3 is 1. The maximum Gasteiger partial charge on any atom is 0.198 e. The van der Waals surface area contributed by atoms with Gasteiger partial charge in [0.15, 0.2) is 23.0 Å². The Morgan fingerprint density at radius 3 is 2.64 bits per heavy atom. The van der Waals surface area contributed by atoms with E-state index in [0.29, 0.717) is 22.3 Å². The third kappa shape index (κ3) is 2.89. The second-order valence-electron chi connectivity index (χ2n) is 6.13. The van der Waals surface area contributed by atoms with Gasteiger partial charge in [-0.1, -0.05) is 30.3 Å². The Balaban J connectivity index is 1.80. The van der Waals surface area contributed by atoms with Crippen molar-refractivity contribution >= 4 is 22.5 Å². The van der Waals surface area contributed by atoms with Crippen LogP contribution in [0.4, 0.5) is 10.1 Å². The number of ether oxygens (including phenoxy) is 1. The molecule has 1 N–H and O–H groups in total. The largest absolute Gasteiger partial charge is 0.494 e. The monoisotopic (exact) mass is 371 g/mol. The minimum atomic E-state index is -0.691. The maximum absolute atomic E-state index is 14.5. The number of carbonyl (C=O) groups excluding carboxylic acids is 1. The van der Waals surface area contributed by atoms with E-state index in [-0.39, 0.29) is 11.3 Å². The molecule has 0 saturated heterocycles. The maximum atomic E-state index is 14.5. The third-order valence-electron chi connectivity index (χ3n) is 4.53. The lowest BCUT2D eigenvalue weighted by atomic mass is 10.0. The summed E-state index contributed by atoms with van der Waals surface area (Å²) in [5.41, 5.74) is 3.01. The second-order valence-corrected chi connectivity index (χ2v) is 6.13. The number of nitrogens with one attached hydrogen (secondary N) is 1. The topological polar surface area (TPSA) is 59.3 Å². The fourth-order valence-corrected chi connectivity index (χ4v) is 3.07. The number of ketones is 1. The Kier molecular flexibility index (Phi) is 4.34. The average Bonchev–Trinajstić information content (AvgIpc) is 3.16. The Morgan fingerprint density at radius 2 is 1.93 bits per heavy atom. The smallest absolute Gasteiger partial charge is 0.198 e.